The van der Waals surface area contributed by atoms with E-state index in [0.717, 1.165) is 18.9 Å². The minimum atomic E-state index is -3.66. The Morgan fingerprint density at radius 1 is 1.33 bits per heavy atom. The SMILES string of the molecule is NCc1cc(S(=O)(=O)NCCOC2CCCC2)ccc1F. The molecule has 0 amide bonds. The van der Waals surface area contributed by atoms with E-state index in [1.807, 2.05) is 0 Å². The molecular weight excluding hydrogens is 295 g/mol. The fourth-order valence-corrected chi connectivity index (χ4v) is 3.48. The molecule has 0 aromatic heterocycles. The summed E-state index contributed by atoms with van der Waals surface area (Å²) in [4.78, 5) is 0.0187. The normalized spacial score (nSPS) is 16.5. The highest BCUT2D eigenvalue weighted by Crippen LogP contribution is 2.20. The van der Waals surface area contributed by atoms with Crippen LogP contribution in [0.25, 0.3) is 0 Å². The first kappa shape index (κ1) is 16.4. The van der Waals surface area contributed by atoms with Gasteiger partial charge in [-0.3, -0.25) is 0 Å². The fraction of sp³-hybridized carbons (Fsp3) is 0.571. The van der Waals surface area contributed by atoms with Gasteiger partial charge in [0.15, 0.2) is 0 Å². The highest BCUT2D eigenvalue weighted by atomic mass is 32.2. The Bertz CT molecular complexity index is 572. The van der Waals surface area contributed by atoms with Crippen molar-refractivity contribution in [1.29, 1.82) is 0 Å². The van der Waals surface area contributed by atoms with Crippen LogP contribution in [0.1, 0.15) is 31.2 Å². The van der Waals surface area contributed by atoms with Gasteiger partial charge in [-0.1, -0.05) is 12.8 Å². The van der Waals surface area contributed by atoms with E-state index in [2.05, 4.69) is 4.72 Å². The van der Waals surface area contributed by atoms with Gasteiger partial charge in [0.2, 0.25) is 10.0 Å². The summed E-state index contributed by atoms with van der Waals surface area (Å²) in [7, 11) is -3.66. The van der Waals surface area contributed by atoms with Crippen LogP contribution in [0.15, 0.2) is 23.1 Å². The zero-order chi connectivity index (χ0) is 15.3. The Balaban J connectivity index is 1.88. The van der Waals surface area contributed by atoms with Crippen LogP contribution in [-0.2, 0) is 21.3 Å². The number of hydrogen-bond donors (Lipinski definition) is 2. The summed E-state index contributed by atoms with van der Waals surface area (Å²) in [5.74, 6) is -0.499. The number of rotatable bonds is 7. The van der Waals surface area contributed by atoms with E-state index < -0.39 is 15.8 Å². The molecule has 0 aliphatic heterocycles. The number of hydrogen-bond acceptors (Lipinski definition) is 4. The molecule has 1 aromatic rings. The molecule has 0 saturated heterocycles. The van der Waals surface area contributed by atoms with Crippen LogP contribution < -0.4 is 10.5 Å². The highest BCUT2D eigenvalue weighted by Gasteiger charge is 2.17. The monoisotopic (exact) mass is 316 g/mol. The molecule has 1 aliphatic carbocycles. The van der Waals surface area contributed by atoms with Crippen molar-refractivity contribution in [1.82, 2.24) is 4.72 Å². The van der Waals surface area contributed by atoms with Crippen molar-refractivity contribution in [3.63, 3.8) is 0 Å². The molecule has 118 valence electrons. The largest absolute Gasteiger partial charge is 0.377 e. The van der Waals surface area contributed by atoms with Crippen LogP contribution in [0.5, 0.6) is 0 Å². The molecule has 5 nitrogen and oxygen atoms in total. The van der Waals surface area contributed by atoms with E-state index in [1.165, 1.54) is 25.0 Å². The molecule has 1 saturated carbocycles. The van der Waals surface area contributed by atoms with Crippen LogP contribution >= 0.6 is 0 Å². The van der Waals surface area contributed by atoms with Crippen molar-refractivity contribution >= 4 is 10.0 Å². The predicted molar refractivity (Wildman–Crippen MR) is 77.7 cm³/mol. The lowest BCUT2D eigenvalue weighted by atomic mass is 10.2. The molecule has 2 rings (SSSR count). The predicted octanol–water partition coefficient (Wildman–Crippen LogP) is 1.52. The topological polar surface area (TPSA) is 81.4 Å². The molecule has 0 spiro atoms. The molecule has 21 heavy (non-hydrogen) atoms. The molecule has 0 heterocycles. The fourth-order valence-electron chi connectivity index (χ4n) is 2.41. The number of nitrogens with one attached hydrogen (secondary N) is 1. The Morgan fingerprint density at radius 3 is 2.71 bits per heavy atom. The van der Waals surface area contributed by atoms with Crippen molar-refractivity contribution in [2.45, 2.75) is 43.2 Å². The minimum Gasteiger partial charge on any atom is -0.377 e. The maximum Gasteiger partial charge on any atom is 0.240 e. The maximum atomic E-state index is 13.3. The zero-order valence-electron chi connectivity index (χ0n) is 11.8. The summed E-state index contributed by atoms with van der Waals surface area (Å²) in [5, 5.41) is 0. The van der Waals surface area contributed by atoms with E-state index in [0.29, 0.717) is 6.61 Å². The van der Waals surface area contributed by atoms with E-state index >= 15 is 0 Å². The molecule has 0 unspecified atom stereocenters. The van der Waals surface area contributed by atoms with E-state index in [4.69, 9.17) is 10.5 Å². The van der Waals surface area contributed by atoms with Gasteiger partial charge in [-0.05, 0) is 31.0 Å². The van der Waals surface area contributed by atoms with Crippen molar-refractivity contribution < 1.29 is 17.5 Å². The molecule has 0 bridgehead atoms. The number of halogens is 1. The van der Waals surface area contributed by atoms with Gasteiger partial charge in [0, 0.05) is 18.7 Å². The van der Waals surface area contributed by atoms with Gasteiger partial charge in [-0.2, -0.15) is 0 Å². The second-order valence-corrected chi connectivity index (χ2v) is 6.90. The minimum absolute atomic E-state index is 0.0187. The zero-order valence-corrected chi connectivity index (χ0v) is 12.7. The van der Waals surface area contributed by atoms with Gasteiger partial charge in [0.05, 0.1) is 17.6 Å². The van der Waals surface area contributed by atoms with E-state index in [9.17, 15) is 12.8 Å². The van der Waals surface area contributed by atoms with Crippen molar-refractivity contribution in [3.05, 3.63) is 29.6 Å². The van der Waals surface area contributed by atoms with Crippen molar-refractivity contribution in [2.75, 3.05) is 13.2 Å². The Morgan fingerprint density at radius 2 is 2.05 bits per heavy atom. The average molecular weight is 316 g/mol. The van der Waals surface area contributed by atoms with Gasteiger partial charge >= 0.3 is 0 Å². The third kappa shape index (κ3) is 4.47. The Kier molecular flexibility index (Phi) is 5.69. The van der Waals surface area contributed by atoms with Gasteiger partial charge in [-0.15, -0.1) is 0 Å². The second-order valence-electron chi connectivity index (χ2n) is 5.13. The molecule has 1 aromatic carbocycles. The van der Waals surface area contributed by atoms with E-state index in [1.54, 1.807) is 0 Å². The number of benzene rings is 1. The molecular formula is C14H21FN2O3S. The molecule has 0 radical (unpaired) electrons. The Labute approximate surface area is 124 Å². The summed E-state index contributed by atoms with van der Waals surface area (Å²) in [6, 6.07) is 3.61. The lowest BCUT2D eigenvalue weighted by molar-refractivity contribution is 0.0626. The Hall–Kier alpha value is -1.02. The third-order valence-corrected chi connectivity index (χ3v) is 5.06. The third-order valence-electron chi connectivity index (χ3n) is 3.60. The summed E-state index contributed by atoms with van der Waals surface area (Å²) in [6.45, 7) is 0.503. The molecule has 1 fully saturated rings. The number of nitrogens with two attached hydrogens (primary N) is 1. The lowest BCUT2D eigenvalue weighted by Crippen LogP contribution is -2.28. The average Bonchev–Trinajstić information content (AvgIpc) is 2.97. The summed E-state index contributed by atoms with van der Waals surface area (Å²) >= 11 is 0. The first-order valence-electron chi connectivity index (χ1n) is 7.12. The molecule has 3 N–H and O–H groups in total. The van der Waals surface area contributed by atoms with Crippen LogP contribution in [0.3, 0.4) is 0 Å². The van der Waals surface area contributed by atoms with Gasteiger partial charge in [0.25, 0.3) is 0 Å². The summed E-state index contributed by atoms with van der Waals surface area (Å²) in [5.41, 5.74) is 5.56. The van der Waals surface area contributed by atoms with Gasteiger partial charge in [0.1, 0.15) is 5.82 Å². The first-order valence-corrected chi connectivity index (χ1v) is 8.61. The van der Waals surface area contributed by atoms with Crippen molar-refractivity contribution in [3.8, 4) is 0 Å². The van der Waals surface area contributed by atoms with Crippen LogP contribution in [-0.4, -0.2) is 27.7 Å². The van der Waals surface area contributed by atoms with Crippen LogP contribution in [0.2, 0.25) is 0 Å². The van der Waals surface area contributed by atoms with Gasteiger partial charge < -0.3 is 10.5 Å². The number of ether oxygens (including phenoxy) is 1. The van der Waals surface area contributed by atoms with E-state index in [-0.39, 0.29) is 29.7 Å². The molecule has 1 aliphatic rings. The summed E-state index contributed by atoms with van der Waals surface area (Å²) in [6.07, 6.45) is 4.70. The van der Waals surface area contributed by atoms with Crippen molar-refractivity contribution in [2.24, 2.45) is 5.73 Å². The van der Waals surface area contributed by atoms with Crippen LogP contribution in [0.4, 0.5) is 4.39 Å². The highest BCUT2D eigenvalue weighted by molar-refractivity contribution is 7.89. The molecule has 7 heteroatoms. The summed E-state index contributed by atoms with van der Waals surface area (Å²) < 4.78 is 45.5. The van der Waals surface area contributed by atoms with Crippen LogP contribution in [0, 0.1) is 5.82 Å². The second kappa shape index (κ2) is 7.31. The lowest BCUT2D eigenvalue weighted by Gasteiger charge is -2.12. The quantitative estimate of drug-likeness (QED) is 0.747. The standard InChI is InChI=1S/C14H21FN2O3S/c15-14-6-5-13(9-11(14)10-16)21(18,19)17-7-8-20-12-3-1-2-4-12/h5-6,9,12,17H,1-4,7-8,10,16H2. The number of sulfonamides is 1. The first-order chi connectivity index (χ1) is 10.0. The smallest absolute Gasteiger partial charge is 0.240 e. The molecule has 0 atom stereocenters. The maximum absolute atomic E-state index is 13.3. The van der Waals surface area contributed by atoms with Gasteiger partial charge in [-0.25, -0.2) is 17.5 Å².